The average Bonchev–Trinajstić information content (AvgIpc) is 3.39. The Labute approximate surface area is 195 Å². The molecule has 0 amide bonds. The number of hydrogen-bond acceptors (Lipinski definition) is 2. The van der Waals surface area contributed by atoms with Gasteiger partial charge in [0.1, 0.15) is 6.04 Å². The van der Waals surface area contributed by atoms with Gasteiger partial charge in [0.15, 0.2) is 5.11 Å². The predicted octanol–water partition coefficient (Wildman–Crippen LogP) is 6.12. The van der Waals surface area contributed by atoms with Gasteiger partial charge in [0.05, 0.1) is 11.7 Å². The van der Waals surface area contributed by atoms with E-state index in [9.17, 15) is 0 Å². The van der Waals surface area contributed by atoms with Crippen LogP contribution in [0.15, 0.2) is 95.7 Å². The van der Waals surface area contributed by atoms with Crippen molar-refractivity contribution in [1.29, 1.82) is 0 Å². The minimum Gasteiger partial charge on any atom is -0.351 e. The second-order valence-corrected chi connectivity index (χ2v) is 8.92. The number of halogens is 1. The van der Waals surface area contributed by atoms with Gasteiger partial charge in [-0.1, -0.05) is 45.8 Å². The van der Waals surface area contributed by atoms with Crippen LogP contribution in [-0.4, -0.2) is 14.7 Å². The zero-order valence-corrected chi connectivity index (χ0v) is 19.3. The van der Waals surface area contributed by atoms with Crippen LogP contribution in [0.2, 0.25) is 0 Å². The Morgan fingerprint density at radius 2 is 1.77 bits per heavy atom. The van der Waals surface area contributed by atoms with Crippen LogP contribution < -0.4 is 10.2 Å². The molecule has 0 spiro atoms. The molecule has 2 atom stereocenters. The van der Waals surface area contributed by atoms with E-state index < -0.39 is 0 Å². The minimum atomic E-state index is -0.0733. The first-order valence-electron chi connectivity index (χ1n) is 10.1. The monoisotopic (exact) mass is 488 g/mol. The summed E-state index contributed by atoms with van der Waals surface area (Å²) in [4.78, 5) is 6.85. The number of benzene rings is 2. The lowest BCUT2D eigenvalue weighted by molar-refractivity contribution is 0.549. The van der Waals surface area contributed by atoms with Crippen molar-refractivity contribution in [3.05, 3.63) is 113 Å². The Hall–Kier alpha value is -2.96. The van der Waals surface area contributed by atoms with Crippen LogP contribution in [0.25, 0.3) is 5.69 Å². The number of thiocarbonyl (C=S) groups is 1. The largest absolute Gasteiger partial charge is 0.351 e. The highest BCUT2D eigenvalue weighted by atomic mass is 79.9. The first kappa shape index (κ1) is 20.0. The molecule has 1 aliphatic heterocycles. The molecule has 0 aliphatic carbocycles. The van der Waals surface area contributed by atoms with E-state index in [1.807, 2.05) is 24.4 Å². The summed E-state index contributed by atoms with van der Waals surface area (Å²) in [6.45, 7) is 2.09. The predicted molar refractivity (Wildman–Crippen MR) is 133 cm³/mol. The van der Waals surface area contributed by atoms with E-state index in [2.05, 4.69) is 109 Å². The molecule has 1 fully saturated rings. The van der Waals surface area contributed by atoms with Crippen molar-refractivity contribution < 1.29 is 0 Å². The Morgan fingerprint density at radius 3 is 2.52 bits per heavy atom. The van der Waals surface area contributed by atoms with Crippen LogP contribution in [0.5, 0.6) is 0 Å². The lowest BCUT2D eigenvalue weighted by Gasteiger charge is -2.29. The highest BCUT2D eigenvalue weighted by Crippen LogP contribution is 2.42. The van der Waals surface area contributed by atoms with Gasteiger partial charge >= 0.3 is 0 Å². The maximum Gasteiger partial charge on any atom is 0.174 e. The zero-order valence-electron chi connectivity index (χ0n) is 16.9. The van der Waals surface area contributed by atoms with Gasteiger partial charge in [-0.3, -0.25) is 4.98 Å². The van der Waals surface area contributed by atoms with Gasteiger partial charge in [-0.25, -0.2) is 0 Å². The number of hydrogen-bond donors (Lipinski definition) is 1. The van der Waals surface area contributed by atoms with E-state index in [-0.39, 0.29) is 12.1 Å². The normalized spacial score (nSPS) is 18.3. The number of nitrogens with zero attached hydrogens (tertiary/aromatic N) is 3. The highest BCUT2D eigenvalue weighted by molar-refractivity contribution is 9.10. The molecule has 154 valence electrons. The second-order valence-electron chi connectivity index (χ2n) is 7.62. The average molecular weight is 489 g/mol. The van der Waals surface area contributed by atoms with Gasteiger partial charge in [0, 0.05) is 33.9 Å². The standard InChI is InChI=1S/C25H21BrN4S/c1-17-10-12-19(13-11-17)30-24(23(28-25(30)31)21-8-2-3-14-27-21)22-9-5-15-29(22)20-7-4-6-18(26)16-20/h2-16,23-24H,1H3,(H,28,31)/t23-,24-/m1/s1. The van der Waals surface area contributed by atoms with Gasteiger partial charge in [0.25, 0.3) is 0 Å². The van der Waals surface area contributed by atoms with Gasteiger partial charge < -0.3 is 14.8 Å². The van der Waals surface area contributed by atoms with Crippen molar-refractivity contribution >= 4 is 38.9 Å². The van der Waals surface area contributed by atoms with Crippen molar-refractivity contribution in [1.82, 2.24) is 14.9 Å². The molecule has 0 saturated carbocycles. The van der Waals surface area contributed by atoms with E-state index in [1.54, 1.807) is 0 Å². The van der Waals surface area contributed by atoms with Gasteiger partial charge in [-0.05, 0) is 73.7 Å². The SMILES string of the molecule is Cc1ccc(N2C(=S)N[C@H](c3ccccn3)[C@H]2c2cccn2-c2cccc(Br)c2)cc1. The van der Waals surface area contributed by atoms with Crippen molar-refractivity contribution in [3.8, 4) is 5.69 Å². The Bertz CT molecular complexity index is 1220. The first-order chi connectivity index (χ1) is 15.1. The molecular weight excluding hydrogens is 468 g/mol. The molecule has 4 nitrogen and oxygen atoms in total. The van der Waals surface area contributed by atoms with Crippen molar-refractivity contribution in [2.45, 2.75) is 19.0 Å². The van der Waals surface area contributed by atoms with Crippen molar-refractivity contribution in [3.63, 3.8) is 0 Å². The fraction of sp³-hybridized carbons (Fsp3) is 0.120. The number of aryl methyl sites for hydroxylation is 1. The third-order valence-corrected chi connectivity index (χ3v) is 6.39. The molecule has 31 heavy (non-hydrogen) atoms. The van der Waals surface area contributed by atoms with E-state index in [0.717, 1.165) is 27.2 Å². The molecule has 0 bridgehead atoms. The Balaban J connectivity index is 1.67. The number of nitrogens with one attached hydrogen (secondary N) is 1. The molecular formula is C25H21BrN4S. The summed E-state index contributed by atoms with van der Waals surface area (Å²) in [5.41, 5.74) is 5.48. The van der Waals surface area contributed by atoms with E-state index in [4.69, 9.17) is 12.2 Å². The topological polar surface area (TPSA) is 33.1 Å². The third kappa shape index (κ3) is 3.77. The summed E-state index contributed by atoms with van der Waals surface area (Å²) in [5.74, 6) is 0. The van der Waals surface area contributed by atoms with Gasteiger partial charge in [-0.15, -0.1) is 0 Å². The highest BCUT2D eigenvalue weighted by Gasteiger charge is 2.42. The number of aromatic nitrogens is 2. The van der Waals surface area contributed by atoms with Crippen LogP contribution in [0.1, 0.15) is 29.0 Å². The molecule has 2 aromatic carbocycles. The Morgan fingerprint density at radius 1 is 0.935 bits per heavy atom. The number of anilines is 1. The van der Waals surface area contributed by atoms with Crippen LogP contribution in [0.4, 0.5) is 5.69 Å². The molecule has 6 heteroatoms. The molecule has 2 aromatic heterocycles. The van der Waals surface area contributed by atoms with E-state index >= 15 is 0 Å². The molecule has 0 radical (unpaired) electrons. The second kappa shape index (κ2) is 8.29. The molecule has 1 aliphatic rings. The van der Waals surface area contributed by atoms with Crippen LogP contribution in [0, 0.1) is 6.92 Å². The fourth-order valence-electron chi connectivity index (χ4n) is 4.14. The zero-order chi connectivity index (χ0) is 21.4. The molecule has 4 aromatic rings. The van der Waals surface area contributed by atoms with Crippen LogP contribution in [-0.2, 0) is 0 Å². The molecule has 3 heterocycles. The summed E-state index contributed by atoms with van der Waals surface area (Å²) in [5, 5.41) is 4.23. The number of pyridine rings is 1. The van der Waals surface area contributed by atoms with E-state index in [0.29, 0.717) is 5.11 Å². The summed E-state index contributed by atoms with van der Waals surface area (Å²) < 4.78 is 3.27. The van der Waals surface area contributed by atoms with Crippen molar-refractivity contribution in [2.75, 3.05) is 4.90 Å². The third-order valence-electron chi connectivity index (χ3n) is 5.58. The van der Waals surface area contributed by atoms with Crippen molar-refractivity contribution in [2.24, 2.45) is 0 Å². The molecule has 5 rings (SSSR count). The molecule has 0 unspecified atom stereocenters. The lowest BCUT2D eigenvalue weighted by Crippen LogP contribution is -2.30. The summed E-state index contributed by atoms with van der Waals surface area (Å²) >= 11 is 9.44. The van der Waals surface area contributed by atoms with Gasteiger partial charge in [-0.2, -0.15) is 0 Å². The number of rotatable bonds is 4. The van der Waals surface area contributed by atoms with Crippen LogP contribution in [0.3, 0.4) is 0 Å². The summed E-state index contributed by atoms with van der Waals surface area (Å²) in [6.07, 6.45) is 3.93. The molecule has 1 N–H and O–H groups in total. The maximum atomic E-state index is 5.83. The summed E-state index contributed by atoms with van der Waals surface area (Å²) in [6, 6.07) is 27.0. The smallest absolute Gasteiger partial charge is 0.174 e. The maximum absolute atomic E-state index is 5.83. The van der Waals surface area contributed by atoms with Gasteiger partial charge in [0.2, 0.25) is 0 Å². The molecule has 1 saturated heterocycles. The van der Waals surface area contributed by atoms with E-state index in [1.165, 1.54) is 5.56 Å². The van der Waals surface area contributed by atoms with Crippen LogP contribution >= 0.6 is 28.1 Å². The minimum absolute atomic E-state index is 0.0564. The fourth-order valence-corrected chi connectivity index (χ4v) is 4.87. The first-order valence-corrected chi connectivity index (χ1v) is 11.3. The summed E-state index contributed by atoms with van der Waals surface area (Å²) in [7, 11) is 0. The Kier molecular flexibility index (Phi) is 5.34. The lowest BCUT2D eigenvalue weighted by atomic mass is 10.0. The quantitative estimate of drug-likeness (QED) is 0.350.